The van der Waals surface area contributed by atoms with Crippen LogP contribution in [-0.4, -0.2) is 9.85 Å². The molecule has 0 spiro atoms. The number of rotatable bonds is 2. The van der Waals surface area contributed by atoms with Crippen molar-refractivity contribution in [1.82, 2.24) is 0 Å². The standard InChI is InChI=1S/C14H20N2O4/c1-13(2,3)9-7-10(14(4,5)6)12(16(19)20)8-11(9)15(17)18/h7-8H,1-6H3. The van der Waals surface area contributed by atoms with Crippen molar-refractivity contribution in [1.29, 1.82) is 0 Å². The van der Waals surface area contributed by atoms with Crippen molar-refractivity contribution in [3.8, 4) is 0 Å². The predicted octanol–water partition coefficient (Wildman–Crippen LogP) is 4.10. The van der Waals surface area contributed by atoms with Crippen molar-refractivity contribution in [2.24, 2.45) is 0 Å². The Morgan fingerprint density at radius 1 is 0.750 bits per heavy atom. The Hall–Kier alpha value is -1.98. The van der Waals surface area contributed by atoms with Gasteiger partial charge < -0.3 is 0 Å². The summed E-state index contributed by atoms with van der Waals surface area (Å²) in [5, 5.41) is 22.4. The molecule has 6 heteroatoms. The van der Waals surface area contributed by atoms with Gasteiger partial charge in [0.15, 0.2) is 0 Å². The summed E-state index contributed by atoms with van der Waals surface area (Å²) in [5.74, 6) is 0. The molecule has 0 atom stereocenters. The van der Waals surface area contributed by atoms with Crippen LogP contribution in [0.1, 0.15) is 52.7 Å². The highest BCUT2D eigenvalue weighted by Crippen LogP contribution is 2.40. The SMILES string of the molecule is CC(C)(C)c1cc(C(C)(C)C)c([N+](=O)[O-])cc1[N+](=O)[O-]. The first-order valence-electron chi connectivity index (χ1n) is 6.33. The van der Waals surface area contributed by atoms with E-state index < -0.39 is 20.7 Å². The van der Waals surface area contributed by atoms with Crippen LogP contribution < -0.4 is 0 Å². The van der Waals surface area contributed by atoms with Crippen LogP contribution >= 0.6 is 0 Å². The first-order valence-corrected chi connectivity index (χ1v) is 6.33. The summed E-state index contributed by atoms with van der Waals surface area (Å²) < 4.78 is 0. The van der Waals surface area contributed by atoms with E-state index in [1.807, 2.05) is 41.5 Å². The highest BCUT2D eigenvalue weighted by atomic mass is 16.6. The van der Waals surface area contributed by atoms with Gasteiger partial charge in [-0.15, -0.1) is 0 Å². The Labute approximate surface area is 118 Å². The van der Waals surface area contributed by atoms with Gasteiger partial charge in [-0.3, -0.25) is 20.2 Å². The fourth-order valence-electron chi connectivity index (χ4n) is 2.08. The summed E-state index contributed by atoms with van der Waals surface area (Å²) in [6, 6.07) is 2.69. The molecule has 0 saturated carbocycles. The topological polar surface area (TPSA) is 86.3 Å². The lowest BCUT2D eigenvalue weighted by Crippen LogP contribution is -2.19. The smallest absolute Gasteiger partial charge is 0.258 e. The van der Waals surface area contributed by atoms with Crippen LogP contribution in [0.25, 0.3) is 0 Å². The molecule has 6 nitrogen and oxygen atoms in total. The van der Waals surface area contributed by atoms with Gasteiger partial charge in [0.1, 0.15) is 0 Å². The third-order valence-electron chi connectivity index (χ3n) is 3.12. The van der Waals surface area contributed by atoms with Gasteiger partial charge in [0.05, 0.1) is 15.9 Å². The van der Waals surface area contributed by atoms with Gasteiger partial charge in [-0.25, -0.2) is 0 Å². The average Bonchev–Trinajstić information content (AvgIpc) is 2.24. The number of hydrogen-bond donors (Lipinski definition) is 0. The molecular weight excluding hydrogens is 260 g/mol. The van der Waals surface area contributed by atoms with Crippen LogP contribution in [0.5, 0.6) is 0 Å². The summed E-state index contributed by atoms with van der Waals surface area (Å²) in [6.07, 6.45) is 0. The van der Waals surface area contributed by atoms with Crippen molar-refractivity contribution in [2.75, 3.05) is 0 Å². The molecule has 0 radical (unpaired) electrons. The van der Waals surface area contributed by atoms with Crippen LogP contribution in [-0.2, 0) is 10.8 Å². The molecule has 0 aliphatic rings. The minimum Gasteiger partial charge on any atom is -0.258 e. The minimum atomic E-state index is -0.556. The minimum absolute atomic E-state index is 0.197. The molecule has 0 heterocycles. The first kappa shape index (κ1) is 16.1. The molecule has 0 N–H and O–H groups in total. The van der Waals surface area contributed by atoms with Gasteiger partial charge in [-0.2, -0.15) is 0 Å². The predicted molar refractivity (Wildman–Crippen MR) is 77.2 cm³/mol. The van der Waals surface area contributed by atoms with Crippen molar-refractivity contribution >= 4 is 11.4 Å². The second-order valence-electron chi connectivity index (χ2n) is 6.90. The van der Waals surface area contributed by atoms with Gasteiger partial charge >= 0.3 is 0 Å². The second-order valence-corrected chi connectivity index (χ2v) is 6.90. The van der Waals surface area contributed by atoms with E-state index in [0.717, 1.165) is 6.07 Å². The van der Waals surface area contributed by atoms with Crippen LogP contribution in [0.3, 0.4) is 0 Å². The normalized spacial score (nSPS) is 12.3. The molecule has 0 fully saturated rings. The Bertz CT molecular complexity index is 519. The molecule has 0 unspecified atom stereocenters. The number of benzene rings is 1. The molecule has 1 rings (SSSR count). The van der Waals surface area contributed by atoms with Gasteiger partial charge in [0.25, 0.3) is 11.4 Å². The van der Waals surface area contributed by atoms with E-state index in [1.54, 1.807) is 6.07 Å². The lowest BCUT2D eigenvalue weighted by molar-refractivity contribution is -0.395. The second kappa shape index (κ2) is 4.85. The zero-order valence-electron chi connectivity index (χ0n) is 12.7. The number of hydrogen-bond acceptors (Lipinski definition) is 4. The fourth-order valence-corrected chi connectivity index (χ4v) is 2.08. The van der Waals surface area contributed by atoms with E-state index in [2.05, 4.69) is 0 Å². The summed E-state index contributed by atoms with van der Waals surface area (Å²) in [5.41, 5.74) is -0.292. The van der Waals surface area contributed by atoms with Gasteiger partial charge in [-0.05, 0) is 16.9 Å². The lowest BCUT2D eigenvalue weighted by atomic mass is 9.79. The van der Waals surface area contributed by atoms with Crippen LogP contribution in [0, 0.1) is 20.2 Å². The van der Waals surface area contributed by atoms with Crippen molar-refractivity contribution in [3.05, 3.63) is 43.5 Å². The molecule has 0 aromatic heterocycles. The Balaban J connectivity index is 3.79. The number of nitro benzene ring substituents is 2. The first-order chi connectivity index (χ1) is 8.85. The van der Waals surface area contributed by atoms with Crippen molar-refractivity contribution < 1.29 is 9.85 Å². The van der Waals surface area contributed by atoms with Gasteiger partial charge in [-0.1, -0.05) is 41.5 Å². The van der Waals surface area contributed by atoms with Crippen LogP contribution in [0.2, 0.25) is 0 Å². The zero-order valence-corrected chi connectivity index (χ0v) is 12.7. The Kier molecular flexibility index (Phi) is 3.90. The molecular formula is C14H20N2O4. The highest BCUT2D eigenvalue weighted by molar-refractivity contribution is 5.58. The maximum absolute atomic E-state index is 11.2. The third-order valence-corrected chi connectivity index (χ3v) is 3.12. The Morgan fingerprint density at radius 2 is 1.05 bits per heavy atom. The van der Waals surface area contributed by atoms with Gasteiger partial charge in [0, 0.05) is 11.1 Å². The largest absolute Gasteiger partial charge is 0.280 e. The fraction of sp³-hybridized carbons (Fsp3) is 0.571. The molecule has 1 aromatic rings. The van der Waals surface area contributed by atoms with E-state index in [9.17, 15) is 20.2 Å². The summed E-state index contributed by atoms with van der Waals surface area (Å²) in [6.45, 7) is 11.1. The molecule has 0 aliphatic carbocycles. The monoisotopic (exact) mass is 280 g/mol. The van der Waals surface area contributed by atoms with E-state index >= 15 is 0 Å². The highest BCUT2D eigenvalue weighted by Gasteiger charge is 2.33. The average molecular weight is 280 g/mol. The van der Waals surface area contributed by atoms with Crippen molar-refractivity contribution in [2.45, 2.75) is 52.4 Å². The molecule has 0 aliphatic heterocycles. The molecule has 20 heavy (non-hydrogen) atoms. The maximum atomic E-state index is 11.2. The van der Waals surface area contributed by atoms with Gasteiger partial charge in [0.2, 0.25) is 0 Å². The summed E-state index contributed by atoms with van der Waals surface area (Å²) in [4.78, 5) is 21.3. The van der Waals surface area contributed by atoms with E-state index in [4.69, 9.17) is 0 Å². The number of nitrogens with zero attached hydrogens (tertiary/aromatic N) is 2. The summed E-state index contributed by atoms with van der Waals surface area (Å²) >= 11 is 0. The van der Waals surface area contributed by atoms with E-state index in [0.29, 0.717) is 11.1 Å². The van der Waals surface area contributed by atoms with E-state index in [-0.39, 0.29) is 11.4 Å². The molecule has 110 valence electrons. The van der Waals surface area contributed by atoms with Crippen LogP contribution in [0.15, 0.2) is 12.1 Å². The molecule has 0 bridgehead atoms. The Morgan fingerprint density at radius 3 is 1.25 bits per heavy atom. The maximum Gasteiger partial charge on any atom is 0.280 e. The zero-order chi connectivity index (χ0) is 15.9. The molecule has 0 saturated heterocycles. The van der Waals surface area contributed by atoms with Crippen LogP contribution in [0.4, 0.5) is 11.4 Å². The number of nitro groups is 2. The molecule has 0 amide bonds. The van der Waals surface area contributed by atoms with Crippen molar-refractivity contribution in [3.63, 3.8) is 0 Å². The van der Waals surface area contributed by atoms with E-state index in [1.165, 1.54) is 0 Å². The quantitative estimate of drug-likeness (QED) is 0.602. The lowest BCUT2D eigenvalue weighted by Gasteiger charge is -2.24. The summed E-state index contributed by atoms with van der Waals surface area (Å²) in [7, 11) is 0. The molecule has 1 aromatic carbocycles. The third kappa shape index (κ3) is 3.12.